The quantitative estimate of drug-likeness (QED) is 0.280. The molecule has 2 aromatic heterocycles. The fraction of sp³-hybridized carbons (Fsp3) is 0.172. The van der Waals surface area contributed by atoms with Gasteiger partial charge in [-0.25, -0.2) is 0 Å². The number of fused-ring (bicyclic) bond motifs is 2. The van der Waals surface area contributed by atoms with Crippen molar-refractivity contribution in [3.8, 4) is 0 Å². The number of nitrogens with one attached hydrogen (secondary N) is 3. The number of anilines is 1. The summed E-state index contributed by atoms with van der Waals surface area (Å²) in [6.45, 7) is 0.0779. The summed E-state index contributed by atoms with van der Waals surface area (Å²) < 4.78 is 0. The van der Waals surface area contributed by atoms with Crippen LogP contribution in [0.25, 0.3) is 21.8 Å². The first-order valence-electron chi connectivity index (χ1n) is 12.0. The molecule has 0 radical (unpaired) electrons. The van der Waals surface area contributed by atoms with Crippen LogP contribution >= 0.6 is 11.8 Å². The number of para-hydroxylation sites is 3. The van der Waals surface area contributed by atoms with Crippen molar-refractivity contribution in [3.63, 3.8) is 0 Å². The highest BCUT2D eigenvalue weighted by Crippen LogP contribution is 2.38. The van der Waals surface area contributed by atoms with Crippen molar-refractivity contribution in [1.29, 1.82) is 0 Å². The highest BCUT2D eigenvalue weighted by atomic mass is 32.2. The Kier molecular flexibility index (Phi) is 5.99. The van der Waals surface area contributed by atoms with Crippen molar-refractivity contribution in [1.82, 2.24) is 14.9 Å². The zero-order valence-electron chi connectivity index (χ0n) is 19.7. The second kappa shape index (κ2) is 9.59. The zero-order chi connectivity index (χ0) is 24.5. The van der Waals surface area contributed by atoms with Gasteiger partial charge in [-0.2, -0.15) is 0 Å². The summed E-state index contributed by atoms with van der Waals surface area (Å²) in [5.74, 6) is 0.917. The molecule has 5 aromatic rings. The van der Waals surface area contributed by atoms with Crippen molar-refractivity contribution in [2.45, 2.75) is 12.3 Å². The number of amides is 2. The predicted molar refractivity (Wildman–Crippen MR) is 146 cm³/mol. The van der Waals surface area contributed by atoms with Crippen molar-refractivity contribution >= 4 is 51.1 Å². The Morgan fingerprint density at radius 3 is 2.14 bits per heavy atom. The number of thioether (sulfide) groups is 1. The molecule has 1 aliphatic rings. The van der Waals surface area contributed by atoms with Crippen molar-refractivity contribution in [3.05, 3.63) is 102 Å². The van der Waals surface area contributed by atoms with Gasteiger partial charge in [0.25, 0.3) is 0 Å². The Bertz CT molecular complexity index is 1500. The highest BCUT2D eigenvalue weighted by molar-refractivity contribution is 8.00. The van der Waals surface area contributed by atoms with Crippen molar-refractivity contribution < 1.29 is 9.59 Å². The molecule has 3 aromatic carbocycles. The summed E-state index contributed by atoms with van der Waals surface area (Å²) in [5, 5.41) is 5.46. The Labute approximate surface area is 213 Å². The van der Waals surface area contributed by atoms with E-state index in [2.05, 4.69) is 70.1 Å². The Morgan fingerprint density at radius 2 is 1.50 bits per heavy atom. The monoisotopic (exact) mass is 494 g/mol. The first kappa shape index (κ1) is 22.5. The molecule has 36 heavy (non-hydrogen) atoms. The molecule has 3 N–H and O–H groups in total. The molecule has 0 aliphatic carbocycles. The van der Waals surface area contributed by atoms with Gasteiger partial charge in [0.1, 0.15) is 6.54 Å². The number of carbonyl (C=O) groups is 2. The van der Waals surface area contributed by atoms with Crippen LogP contribution in [-0.4, -0.2) is 44.9 Å². The first-order chi connectivity index (χ1) is 17.7. The molecule has 0 spiro atoms. The smallest absolute Gasteiger partial charge is 0.244 e. The SMILES string of the molecule is O=C(CN1CSCC1=O)Nc1ccccc1CC(c1c[nH]c2ccccc12)c1c[nH]c2ccccc12. The van der Waals surface area contributed by atoms with E-state index < -0.39 is 0 Å². The van der Waals surface area contributed by atoms with E-state index in [1.165, 1.54) is 33.7 Å². The largest absolute Gasteiger partial charge is 0.361 e. The molecule has 3 heterocycles. The molecule has 7 heteroatoms. The summed E-state index contributed by atoms with van der Waals surface area (Å²) in [7, 11) is 0. The molecule has 0 atom stereocenters. The number of benzene rings is 3. The maximum Gasteiger partial charge on any atom is 0.244 e. The van der Waals surface area contributed by atoms with E-state index in [0.29, 0.717) is 18.1 Å². The molecule has 0 saturated carbocycles. The van der Waals surface area contributed by atoms with Crippen LogP contribution < -0.4 is 5.32 Å². The van der Waals surface area contributed by atoms with Gasteiger partial charge in [0, 0.05) is 45.8 Å². The van der Waals surface area contributed by atoms with Crippen LogP contribution in [0.15, 0.2) is 85.2 Å². The molecule has 2 amide bonds. The Balaban J connectivity index is 1.36. The average Bonchev–Trinajstić information content (AvgIpc) is 3.62. The number of hydrogen-bond acceptors (Lipinski definition) is 3. The number of rotatable bonds is 7. The lowest BCUT2D eigenvalue weighted by atomic mass is 9.85. The van der Waals surface area contributed by atoms with Gasteiger partial charge >= 0.3 is 0 Å². The lowest BCUT2D eigenvalue weighted by Gasteiger charge is -2.20. The van der Waals surface area contributed by atoms with Gasteiger partial charge in [-0.3, -0.25) is 9.59 Å². The van der Waals surface area contributed by atoms with Crippen LogP contribution in [0.5, 0.6) is 0 Å². The average molecular weight is 495 g/mol. The van der Waals surface area contributed by atoms with Crippen LogP contribution in [0.1, 0.15) is 22.6 Å². The predicted octanol–water partition coefficient (Wildman–Crippen LogP) is 5.50. The van der Waals surface area contributed by atoms with Crippen molar-refractivity contribution in [2.24, 2.45) is 0 Å². The normalized spacial score (nSPS) is 13.8. The number of aromatic amines is 2. The molecule has 6 rings (SSSR count). The van der Waals surface area contributed by atoms with Gasteiger partial charge in [-0.05, 0) is 41.3 Å². The Hall–Kier alpha value is -3.97. The van der Waals surface area contributed by atoms with E-state index in [-0.39, 0.29) is 24.3 Å². The number of carbonyl (C=O) groups excluding carboxylic acids is 2. The van der Waals surface area contributed by atoms with Crippen LogP contribution in [0.2, 0.25) is 0 Å². The minimum atomic E-state index is -0.172. The molecule has 1 fully saturated rings. The van der Waals surface area contributed by atoms with Gasteiger partial charge in [-0.15, -0.1) is 11.8 Å². The van der Waals surface area contributed by atoms with Crippen LogP contribution in [0.3, 0.4) is 0 Å². The fourth-order valence-electron chi connectivity index (χ4n) is 5.10. The van der Waals surface area contributed by atoms with Crippen molar-refractivity contribution in [2.75, 3.05) is 23.5 Å². The summed E-state index contributed by atoms with van der Waals surface area (Å²) >= 11 is 1.54. The van der Waals surface area contributed by atoms with E-state index in [1.54, 1.807) is 4.90 Å². The topological polar surface area (TPSA) is 81.0 Å². The number of aromatic nitrogens is 2. The van der Waals surface area contributed by atoms with Gasteiger partial charge in [-0.1, -0.05) is 54.6 Å². The van der Waals surface area contributed by atoms with E-state index in [0.717, 1.165) is 22.3 Å². The summed E-state index contributed by atoms with van der Waals surface area (Å²) in [4.78, 5) is 33.3. The first-order valence-corrected chi connectivity index (χ1v) is 13.2. The molecule has 6 nitrogen and oxygen atoms in total. The van der Waals surface area contributed by atoms with Crippen LogP contribution in [0, 0.1) is 0 Å². The molecule has 0 unspecified atom stereocenters. The van der Waals surface area contributed by atoms with Gasteiger partial charge < -0.3 is 20.2 Å². The van der Waals surface area contributed by atoms with Gasteiger partial charge in [0.2, 0.25) is 11.8 Å². The highest BCUT2D eigenvalue weighted by Gasteiger charge is 2.25. The molecule has 180 valence electrons. The maximum atomic E-state index is 12.8. The molecular formula is C29H26N4O2S. The molecule has 1 saturated heterocycles. The summed E-state index contributed by atoms with van der Waals surface area (Å²) in [5.41, 5.74) is 6.48. The lowest BCUT2D eigenvalue weighted by molar-refractivity contribution is -0.130. The van der Waals surface area contributed by atoms with E-state index in [9.17, 15) is 9.59 Å². The Morgan fingerprint density at radius 1 is 0.889 bits per heavy atom. The van der Waals surface area contributed by atoms with Gasteiger partial charge in [0.15, 0.2) is 0 Å². The minimum Gasteiger partial charge on any atom is -0.361 e. The third kappa shape index (κ3) is 4.27. The third-order valence-electron chi connectivity index (χ3n) is 6.87. The standard InChI is InChI=1S/C29H26N4O2S/c34-28(16-33-18-36-17-29(33)35)32-25-10-4-1-7-19(25)13-22(23-14-30-26-11-5-2-8-20(23)26)24-15-31-27-12-6-3-9-21(24)27/h1-12,14-15,22,30-31H,13,16-18H2,(H,32,34). The summed E-state index contributed by atoms with van der Waals surface area (Å²) in [6, 6.07) is 24.7. The second-order valence-corrected chi connectivity index (χ2v) is 10.1. The fourth-order valence-corrected chi connectivity index (χ4v) is 6.00. The number of hydrogen-bond donors (Lipinski definition) is 3. The zero-order valence-corrected chi connectivity index (χ0v) is 20.5. The van der Waals surface area contributed by atoms with Gasteiger partial charge in [0.05, 0.1) is 11.6 Å². The lowest BCUT2D eigenvalue weighted by Crippen LogP contribution is -2.34. The van der Waals surface area contributed by atoms with E-state index in [4.69, 9.17) is 0 Å². The van der Waals surface area contributed by atoms with Crippen LogP contribution in [-0.2, 0) is 16.0 Å². The number of H-pyrrole nitrogens is 2. The summed E-state index contributed by atoms with van der Waals surface area (Å²) in [6.07, 6.45) is 4.92. The number of nitrogens with zero attached hydrogens (tertiary/aromatic N) is 1. The van der Waals surface area contributed by atoms with E-state index in [1.807, 2.05) is 30.3 Å². The minimum absolute atomic E-state index is 0.0159. The molecule has 0 bridgehead atoms. The van der Waals surface area contributed by atoms with E-state index >= 15 is 0 Å². The third-order valence-corrected chi connectivity index (χ3v) is 7.81. The molecule has 1 aliphatic heterocycles. The molecular weight excluding hydrogens is 468 g/mol. The maximum absolute atomic E-state index is 12.8. The van der Waals surface area contributed by atoms with Crippen LogP contribution in [0.4, 0.5) is 5.69 Å². The second-order valence-electron chi connectivity index (χ2n) is 9.11.